The topological polar surface area (TPSA) is 54.9 Å². The average molecular weight is 280 g/mol. The SMILES string of the molecule is C#CCC(CC)NC(=O)c1nc(C(C)C)ncc1Cl. The Kier molecular flexibility index (Phi) is 5.78. The van der Waals surface area contributed by atoms with Gasteiger partial charge in [-0.2, -0.15) is 0 Å². The minimum absolute atomic E-state index is 0.0639. The molecule has 0 bridgehead atoms. The van der Waals surface area contributed by atoms with E-state index in [-0.39, 0.29) is 28.6 Å². The van der Waals surface area contributed by atoms with Gasteiger partial charge in [-0.1, -0.05) is 32.4 Å². The Morgan fingerprint density at radius 2 is 2.26 bits per heavy atom. The highest BCUT2D eigenvalue weighted by Crippen LogP contribution is 2.16. The highest BCUT2D eigenvalue weighted by molar-refractivity contribution is 6.33. The zero-order valence-corrected chi connectivity index (χ0v) is 12.2. The van der Waals surface area contributed by atoms with Gasteiger partial charge in [-0.3, -0.25) is 4.79 Å². The van der Waals surface area contributed by atoms with Gasteiger partial charge >= 0.3 is 0 Å². The predicted molar refractivity (Wildman–Crippen MR) is 76.1 cm³/mol. The van der Waals surface area contributed by atoms with Crippen LogP contribution >= 0.6 is 11.6 Å². The van der Waals surface area contributed by atoms with Crippen LogP contribution < -0.4 is 5.32 Å². The molecule has 5 heteroatoms. The van der Waals surface area contributed by atoms with Crippen LogP contribution in [0.25, 0.3) is 0 Å². The number of rotatable bonds is 5. The molecular formula is C14H18ClN3O. The van der Waals surface area contributed by atoms with E-state index < -0.39 is 0 Å². The van der Waals surface area contributed by atoms with E-state index in [1.54, 1.807) is 0 Å². The van der Waals surface area contributed by atoms with Crippen LogP contribution in [0.1, 0.15) is 55.8 Å². The summed E-state index contributed by atoms with van der Waals surface area (Å²) in [6.07, 6.45) is 7.97. The van der Waals surface area contributed by atoms with Crippen molar-refractivity contribution in [1.29, 1.82) is 0 Å². The van der Waals surface area contributed by atoms with Gasteiger partial charge in [-0.25, -0.2) is 9.97 Å². The second kappa shape index (κ2) is 7.10. The van der Waals surface area contributed by atoms with E-state index in [1.807, 2.05) is 20.8 Å². The molecule has 1 unspecified atom stereocenters. The van der Waals surface area contributed by atoms with Crippen molar-refractivity contribution in [2.24, 2.45) is 0 Å². The summed E-state index contributed by atoms with van der Waals surface area (Å²) in [6.45, 7) is 5.87. The number of carbonyl (C=O) groups excluding carboxylic acids is 1. The molecule has 0 saturated heterocycles. The van der Waals surface area contributed by atoms with Gasteiger partial charge in [0, 0.05) is 18.4 Å². The molecule has 102 valence electrons. The lowest BCUT2D eigenvalue weighted by atomic mass is 10.1. The van der Waals surface area contributed by atoms with Gasteiger partial charge in [0.05, 0.1) is 11.2 Å². The predicted octanol–water partition coefficient (Wildman–Crippen LogP) is 2.79. The summed E-state index contributed by atoms with van der Waals surface area (Å²) in [5.41, 5.74) is 0.204. The molecule has 0 fully saturated rings. The first-order valence-corrected chi connectivity index (χ1v) is 6.64. The molecule has 1 atom stereocenters. The van der Waals surface area contributed by atoms with Gasteiger partial charge in [0.25, 0.3) is 5.91 Å². The third-order valence-corrected chi connectivity index (χ3v) is 2.96. The van der Waals surface area contributed by atoms with Crippen molar-refractivity contribution in [1.82, 2.24) is 15.3 Å². The summed E-state index contributed by atoms with van der Waals surface area (Å²) in [7, 11) is 0. The molecule has 19 heavy (non-hydrogen) atoms. The van der Waals surface area contributed by atoms with E-state index in [0.717, 1.165) is 6.42 Å². The van der Waals surface area contributed by atoms with Crippen LogP contribution in [0.15, 0.2) is 6.20 Å². The second-order valence-electron chi connectivity index (χ2n) is 4.57. The van der Waals surface area contributed by atoms with Gasteiger partial charge in [0.2, 0.25) is 0 Å². The van der Waals surface area contributed by atoms with Crippen LogP contribution in [0.2, 0.25) is 5.02 Å². The molecule has 0 aliphatic rings. The van der Waals surface area contributed by atoms with Gasteiger partial charge in [-0.05, 0) is 6.42 Å². The fourth-order valence-electron chi connectivity index (χ4n) is 1.51. The first kappa shape index (κ1) is 15.5. The van der Waals surface area contributed by atoms with Gasteiger partial charge in [-0.15, -0.1) is 12.3 Å². The molecule has 0 aliphatic carbocycles. The molecule has 1 rings (SSSR count). The normalized spacial score (nSPS) is 12.0. The fraction of sp³-hybridized carbons (Fsp3) is 0.500. The number of terminal acetylenes is 1. The molecule has 0 spiro atoms. The Morgan fingerprint density at radius 1 is 1.58 bits per heavy atom. The minimum atomic E-state index is -0.309. The summed E-state index contributed by atoms with van der Waals surface area (Å²) in [5, 5.41) is 3.08. The van der Waals surface area contributed by atoms with Crippen LogP contribution in [0.4, 0.5) is 0 Å². The molecule has 1 aromatic heterocycles. The number of carbonyl (C=O) groups is 1. The molecular weight excluding hydrogens is 262 g/mol. The Labute approximate surface area is 119 Å². The molecule has 0 aromatic carbocycles. The highest BCUT2D eigenvalue weighted by atomic mass is 35.5. The van der Waals surface area contributed by atoms with Crippen molar-refractivity contribution >= 4 is 17.5 Å². The quantitative estimate of drug-likeness (QED) is 0.843. The van der Waals surface area contributed by atoms with Crippen LogP contribution in [0.3, 0.4) is 0 Å². The molecule has 1 aromatic rings. The first-order chi connectivity index (χ1) is 8.99. The summed E-state index contributed by atoms with van der Waals surface area (Å²) in [5.74, 6) is 2.96. The van der Waals surface area contributed by atoms with E-state index >= 15 is 0 Å². The summed E-state index contributed by atoms with van der Waals surface area (Å²) in [4.78, 5) is 20.4. The number of aromatic nitrogens is 2. The molecule has 0 radical (unpaired) electrons. The molecule has 1 amide bonds. The summed E-state index contributed by atoms with van der Waals surface area (Å²) in [6, 6.07) is -0.0639. The molecule has 1 N–H and O–H groups in total. The lowest BCUT2D eigenvalue weighted by Crippen LogP contribution is -2.35. The third kappa shape index (κ3) is 4.22. The second-order valence-corrected chi connectivity index (χ2v) is 4.97. The van der Waals surface area contributed by atoms with Gasteiger partial charge < -0.3 is 5.32 Å². The summed E-state index contributed by atoms with van der Waals surface area (Å²) >= 11 is 5.97. The Balaban J connectivity index is 2.93. The average Bonchev–Trinajstić information content (AvgIpc) is 2.38. The monoisotopic (exact) mass is 279 g/mol. The first-order valence-electron chi connectivity index (χ1n) is 6.26. The number of nitrogens with one attached hydrogen (secondary N) is 1. The number of hydrogen-bond acceptors (Lipinski definition) is 3. The van der Waals surface area contributed by atoms with Crippen LogP contribution in [-0.4, -0.2) is 21.9 Å². The van der Waals surface area contributed by atoms with Crippen LogP contribution in [0, 0.1) is 12.3 Å². The summed E-state index contributed by atoms with van der Waals surface area (Å²) < 4.78 is 0. The lowest BCUT2D eigenvalue weighted by molar-refractivity contribution is 0.0931. The van der Waals surface area contributed by atoms with Crippen LogP contribution in [0.5, 0.6) is 0 Å². The fourth-order valence-corrected chi connectivity index (χ4v) is 1.69. The third-order valence-electron chi connectivity index (χ3n) is 2.69. The van der Waals surface area contributed by atoms with Crippen molar-refractivity contribution < 1.29 is 4.79 Å². The van der Waals surface area contributed by atoms with Gasteiger partial charge in [0.15, 0.2) is 0 Å². The van der Waals surface area contributed by atoms with Crippen LogP contribution in [-0.2, 0) is 0 Å². The maximum atomic E-state index is 12.1. The number of nitrogens with zero attached hydrogens (tertiary/aromatic N) is 2. The number of halogens is 1. The van der Waals surface area contributed by atoms with E-state index in [9.17, 15) is 4.79 Å². The number of hydrogen-bond donors (Lipinski definition) is 1. The highest BCUT2D eigenvalue weighted by Gasteiger charge is 2.17. The standard InChI is InChI=1S/C14H18ClN3O/c1-5-7-10(6-2)17-14(19)12-11(15)8-16-13(18-12)9(3)4/h1,8-10H,6-7H2,2-4H3,(H,17,19). The van der Waals surface area contributed by atoms with Gasteiger partial charge in [0.1, 0.15) is 11.5 Å². The molecule has 1 heterocycles. The zero-order valence-electron chi connectivity index (χ0n) is 11.4. The lowest BCUT2D eigenvalue weighted by Gasteiger charge is -2.15. The zero-order chi connectivity index (χ0) is 14.4. The Bertz CT molecular complexity index is 494. The molecule has 4 nitrogen and oxygen atoms in total. The van der Waals surface area contributed by atoms with Crippen molar-refractivity contribution in [3.63, 3.8) is 0 Å². The largest absolute Gasteiger partial charge is 0.347 e. The Hall–Kier alpha value is -1.60. The van der Waals surface area contributed by atoms with Crippen molar-refractivity contribution in [3.8, 4) is 12.3 Å². The maximum absolute atomic E-state index is 12.1. The van der Waals surface area contributed by atoms with E-state index in [2.05, 4.69) is 21.2 Å². The molecule has 0 aliphatic heterocycles. The molecule has 0 saturated carbocycles. The van der Waals surface area contributed by atoms with Crippen molar-refractivity contribution in [2.75, 3.05) is 0 Å². The Morgan fingerprint density at radius 3 is 2.79 bits per heavy atom. The van der Waals surface area contributed by atoms with Crippen molar-refractivity contribution in [2.45, 2.75) is 45.6 Å². The van der Waals surface area contributed by atoms with E-state index in [4.69, 9.17) is 18.0 Å². The minimum Gasteiger partial charge on any atom is -0.347 e. The maximum Gasteiger partial charge on any atom is 0.271 e. The van der Waals surface area contributed by atoms with Crippen molar-refractivity contribution in [3.05, 3.63) is 22.7 Å². The van der Waals surface area contributed by atoms with E-state index in [1.165, 1.54) is 6.20 Å². The smallest absolute Gasteiger partial charge is 0.271 e. The van der Waals surface area contributed by atoms with E-state index in [0.29, 0.717) is 12.2 Å². The number of amides is 1.